The standard InChI is InChI=1S/C4H6N4.C3H6O/c5-3-1-2-7-4(6)8-3;1-3(2)4/h1-2H,(H4,5,6,7,8);1-2H3. The van der Waals surface area contributed by atoms with Gasteiger partial charge in [-0.15, -0.1) is 0 Å². The number of nitrogen functional groups attached to an aromatic ring is 2. The highest BCUT2D eigenvalue weighted by atomic mass is 16.1. The van der Waals surface area contributed by atoms with Crippen LogP contribution in [0.3, 0.4) is 0 Å². The first kappa shape index (κ1) is 10.3. The predicted octanol–water partition coefficient (Wildman–Crippen LogP) is 0.236. The Hall–Kier alpha value is -1.65. The third kappa shape index (κ3) is 6.47. The zero-order valence-corrected chi connectivity index (χ0v) is 7.11. The maximum Gasteiger partial charge on any atom is 0.221 e. The molecule has 0 bridgehead atoms. The predicted molar refractivity (Wildman–Crippen MR) is 47.2 cm³/mol. The van der Waals surface area contributed by atoms with Crippen LogP contribution in [0.2, 0.25) is 0 Å². The summed E-state index contributed by atoms with van der Waals surface area (Å²) in [5.41, 5.74) is 10.4. The SMILES string of the molecule is CC(C)=O.Nc1ccnc(N)n1. The average Bonchev–Trinajstić information content (AvgIpc) is 1.84. The molecule has 1 aromatic heterocycles. The molecule has 0 atom stereocenters. The van der Waals surface area contributed by atoms with Crippen LogP contribution in [0, 0.1) is 0 Å². The van der Waals surface area contributed by atoms with Gasteiger partial charge in [-0.1, -0.05) is 0 Å². The Bertz CT molecular complexity index is 240. The number of nitrogens with zero attached hydrogens (tertiary/aromatic N) is 2. The van der Waals surface area contributed by atoms with Crippen molar-refractivity contribution in [3.63, 3.8) is 0 Å². The van der Waals surface area contributed by atoms with Gasteiger partial charge in [0.15, 0.2) is 0 Å². The van der Waals surface area contributed by atoms with Crippen LogP contribution < -0.4 is 11.5 Å². The zero-order valence-electron chi connectivity index (χ0n) is 7.11. The van der Waals surface area contributed by atoms with Gasteiger partial charge in [-0.25, -0.2) is 4.98 Å². The van der Waals surface area contributed by atoms with Crippen molar-refractivity contribution in [2.24, 2.45) is 0 Å². The Morgan fingerprint density at radius 3 is 2.17 bits per heavy atom. The van der Waals surface area contributed by atoms with Crippen molar-refractivity contribution in [3.8, 4) is 0 Å². The van der Waals surface area contributed by atoms with Crippen LogP contribution >= 0.6 is 0 Å². The fourth-order valence-corrected chi connectivity index (χ4v) is 0.388. The summed E-state index contributed by atoms with van der Waals surface area (Å²) in [5.74, 6) is 0.780. The van der Waals surface area contributed by atoms with E-state index < -0.39 is 0 Å². The summed E-state index contributed by atoms with van der Waals surface area (Å²) in [6, 6.07) is 1.58. The van der Waals surface area contributed by atoms with Crippen LogP contribution in [0.15, 0.2) is 12.3 Å². The molecule has 0 spiro atoms. The molecule has 0 fully saturated rings. The average molecular weight is 168 g/mol. The quantitative estimate of drug-likeness (QED) is 0.578. The topological polar surface area (TPSA) is 94.9 Å². The van der Waals surface area contributed by atoms with Gasteiger partial charge in [0.05, 0.1) is 0 Å². The molecule has 0 amide bonds. The molecule has 0 unspecified atom stereocenters. The summed E-state index contributed by atoms with van der Waals surface area (Å²) < 4.78 is 0. The van der Waals surface area contributed by atoms with Gasteiger partial charge in [0.1, 0.15) is 11.6 Å². The molecule has 1 heterocycles. The lowest BCUT2D eigenvalue weighted by Gasteiger charge is -1.89. The summed E-state index contributed by atoms with van der Waals surface area (Å²) in [5, 5.41) is 0. The molecule has 66 valence electrons. The Labute approximate surface area is 70.8 Å². The van der Waals surface area contributed by atoms with Crippen molar-refractivity contribution in [2.75, 3.05) is 11.5 Å². The number of hydrogen-bond donors (Lipinski definition) is 2. The molecule has 4 N–H and O–H groups in total. The minimum absolute atomic E-state index is 0.167. The van der Waals surface area contributed by atoms with Crippen LogP contribution in [0.1, 0.15) is 13.8 Å². The second kappa shape index (κ2) is 5.06. The maximum atomic E-state index is 9.44. The van der Waals surface area contributed by atoms with Gasteiger partial charge in [0, 0.05) is 6.20 Å². The van der Waals surface area contributed by atoms with Gasteiger partial charge in [0.2, 0.25) is 5.95 Å². The minimum Gasteiger partial charge on any atom is -0.384 e. The van der Waals surface area contributed by atoms with Crippen molar-refractivity contribution in [1.29, 1.82) is 0 Å². The molecular formula is C7H12N4O. The molecule has 5 nitrogen and oxygen atoms in total. The first-order valence-corrected chi connectivity index (χ1v) is 3.33. The van der Waals surface area contributed by atoms with Gasteiger partial charge >= 0.3 is 0 Å². The van der Waals surface area contributed by atoms with Gasteiger partial charge in [-0.3, -0.25) is 0 Å². The Kier molecular flexibility index (Phi) is 4.36. The number of ketones is 1. The third-order valence-electron chi connectivity index (χ3n) is 0.696. The molecule has 1 aromatic rings. The highest BCUT2D eigenvalue weighted by Gasteiger charge is 1.84. The van der Waals surface area contributed by atoms with E-state index in [1.54, 1.807) is 6.07 Å². The molecule has 5 heteroatoms. The number of Topliss-reactive ketones (excluding diaryl/α,β-unsaturated/α-hetero) is 1. The number of hydrogen-bond acceptors (Lipinski definition) is 5. The number of aromatic nitrogens is 2. The van der Waals surface area contributed by atoms with Gasteiger partial charge in [-0.2, -0.15) is 4.98 Å². The molecule has 0 aliphatic heterocycles. The fourth-order valence-electron chi connectivity index (χ4n) is 0.388. The number of nitrogens with two attached hydrogens (primary N) is 2. The lowest BCUT2D eigenvalue weighted by atomic mass is 10.6. The summed E-state index contributed by atoms with van der Waals surface area (Å²) >= 11 is 0. The van der Waals surface area contributed by atoms with E-state index in [0.29, 0.717) is 5.82 Å². The minimum atomic E-state index is 0.167. The third-order valence-corrected chi connectivity index (χ3v) is 0.696. The normalized spacial score (nSPS) is 8.17. The van der Waals surface area contributed by atoms with Crippen molar-refractivity contribution in [2.45, 2.75) is 13.8 Å². The Morgan fingerprint density at radius 1 is 1.42 bits per heavy atom. The van der Waals surface area contributed by atoms with Crippen molar-refractivity contribution in [3.05, 3.63) is 12.3 Å². The van der Waals surface area contributed by atoms with Crippen LogP contribution in [-0.4, -0.2) is 15.8 Å². The zero-order chi connectivity index (χ0) is 9.56. The van der Waals surface area contributed by atoms with Gasteiger partial charge in [-0.05, 0) is 19.9 Å². The summed E-state index contributed by atoms with van der Waals surface area (Å²) in [4.78, 5) is 16.7. The van der Waals surface area contributed by atoms with Crippen LogP contribution in [0.5, 0.6) is 0 Å². The highest BCUT2D eigenvalue weighted by Crippen LogP contribution is 1.94. The first-order valence-electron chi connectivity index (χ1n) is 3.33. The number of rotatable bonds is 0. The highest BCUT2D eigenvalue weighted by molar-refractivity contribution is 5.72. The molecule has 0 saturated carbocycles. The van der Waals surface area contributed by atoms with Crippen LogP contribution in [-0.2, 0) is 4.79 Å². The molecule has 0 radical (unpaired) electrons. The number of carbonyl (C=O) groups excluding carboxylic acids is 1. The van der Waals surface area contributed by atoms with Crippen molar-refractivity contribution >= 4 is 17.5 Å². The molecule has 0 aromatic carbocycles. The van der Waals surface area contributed by atoms with E-state index in [-0.39, 0.29) is 11.7 Å². The van der Waals surface area contributed by atoms with Crippen molar-refractivity contribution in [1.82, 2.24) is 9.97 Å². The van der Waals surface area contributed by atoms with Crippen LogP contribution in [0.4, 0.5) is 11.8 Å². The second-order valence-electron chi connectivity index (χ2n) is 2.25. The van der Waals surface area contributed by atoms with E-state index in [4.69, 9.17) is 11.5 Å². The lowest BCUT2D eigenvalue weighted by Crippen LogP contribution is -1.96. The van der Waals surface area contributed by atoms with E-state index in [0.717, 1.165) is 0 Å². The first-order chi connectivity index (χ1) is 5.52. The Balaban J connectivity index is 0.000000261. The summed E-state index contributed by atoms with van der Waals surface area (Å²) in [6.07, 6.45) is 1.51. The van der Waals surface area contributed by atoms with Crippen molar-refractivity contribution < 1.29 is 4.79 Å². The molecule has 0 aliphatic carbocycles. The Morgan fingerprint density at radius 2 is 1.92 bits per heavy atom. The molecule has 12 heavy (non-hydrogen) atoms. The van der Waals surface area contributed by atoms with E-state index in [9.17, 15) is 4.79 Å². The lowest BCUT2D eigenvalue weighted by molar-refractivity contribution is -0.114. The fraction of sp³-hybridized carbons (Fsp3) is 0.286. The van der Waals surface area contributed by atoms with Crippen LogP contribution in [0.25, 0.3) is 0 Å². The summed E-state index contributed by atoms with van der Waals surface area (Å²) in [6.45, 7) is 3.06. The number of carbonyl (C=O) groups is 1. The van der Waals surface area contributed by atoms with E-state index in [1.807, 2.05) is 0 Å². The maximum absolute atomic E-state index is 9.44. The van der Waals surface area contributed by atoms with Gasteiger partial charge < -0.3 is 16.3 Å². The molecule has 1 rings (SSSR count). The monoisotopic (exact) mass is 168 g/mol. The molecule has 0 saturated heterocycles. The molecular weight excluding hydrogens is 156 g/mol. The molecule has 0 aliphatic rings. The van der Waals surface area contributed by atoms with E-state index in [2.05, 4.69) is 9.97 Å². The number of anilines is 2. The smallest absolute Gasteiger partial charge is 0.221 e. The second-order valence-corrected chi connectivity index (χ2v) is 2.25. The summed E-state index contributed by atoms with van der Waals surface area (Å²) in [7, 11) is 0. The van der Waals surface area contributed by atoms with E-state index >= 15 is 0 Å². The largest absolute Gasteiger partial charge is 0.384 e. The van der Waals surface area contributed by atoms with E-state index in [1.165, 1.54) is 20.0 Å². The van der Waals surface area contributed by atoms with Gasteiger partial charge in [0.25, 0.3) is 0 Å².